The third-order valence-corrected chi connectivity index (χ3v) is 4.38. The number of hydrogen-bond acceptors (Lipinski definition) is 1. The molecule has 0 spiro atoms. The summed E-state index contributed by atoms with van der Waals surface area (Å²) in [5.74, 6) is 0.00755. The average Bonchev–Trinajstić information content (AvgIpc) is 2.37. The number of aryl methyl sites for hydroxylation is 1. The Morgan fingerprint density at radius 2 is 1.76 bits per heavy atom. The Balaban J connectivity index is 2.81. The molecule has 0 aromatic heterocycles. The van der Waals surface area contributed by atoms with Gasteiger partial charge >= 0.3 is 0 Å². The van der Waals surface area contributed by atoms with Gasteiger partial charge in [0.1, 0.15) is 0 Å². The molecule has 0 aliphatic rings. The molecule has 94 valence electrons. The summed E-state index contributed by atoms with van der Waals surface area (Å²) in [5.41, 5.74) is 1.75. The molecule has 0 atom stereocenters. The molecule has 0 fully saturated rings. The molecule has 0 saturated carbocycles. The van der Waals surface area contributed by atoms with E-state index >= 15 is 0 Å². The first-order valence-electron chi connectivity index (χ1n) is 6.02. The fourth-order valence-corrected chi connectivity index (χ4v) is 2.60. The van der Waals surface area contributed by atoms with Gasteiger partial charge in [0, 0.05) is 16.4 Å². The largest absolute Gasteiger partial charge is 0.346 e. The van der Waals surface area contributed by atoms with Gasteiger partial charge in [-0.2, -0.15) is 0 Å². The zero-order valence-corrected chi connectivity index (χ0v) is 12.3. The van der Waals surface area contributed by atoms with Crippen LogP contribution in [0.15, 0.2) is 24.3 Å². The molecule has 2 nitrogen and oxygen atoms in total. The molecule has 0 aliphatic carbocycles. The summed E-state index contributed by atoms with van der Waals surface area (Å²) in [7, 11) is 0. The lowest BCUT2D eigenvalue weighted by Crippen LogP contribution is -2.49. The summed E-state index contributed by atoms with van der Waals surface area (Å²) in [6, 6.07) is 7.66. The Labute approximate surface area is 112 Å². The minimum absolute atomic E-state index is 0.00755. The molecule has 0 heterocycles. The smallest absolute Gasteiger partial charge is 0.251 e. The van der Waals surface area contributed by atoms with Crippen LogP contribution in [-0.2, 0) is 0 Å². The van der Waals surface area contributed by atoms with E-state index in [9.17, 15) is 4.79 Å². The van der Waals surface area contributed by atoms with Crippen molar-refractivity contribution in [2.45, 2.75) is 39.2 Å². The number of alkyl halides is 1. The van der Waals surface area contributed by atoms with E-state index in [0.29, 0.717) is 0 Å². The van der Waals surface area contributed by atoms with Crippen molar-refractivity contribution in [3.63, 3.8) is 0 Å². The topological polar surface area (TPSA) is 29.1 Å². The second-order valence-corrected chi connectivity index (χ2v) is 5.00. The lowest BCUT2D eigenvalue weighted by atomic mass is 9.95. The van der Waals surface area contributed by atoms with E-state index < -0.39 is 0 Å². The predicted molar refractivity (Wildman–Crippen MR) is 75.8 cm³/mol. The fourth-order valence-electron chi connectivity index (χ4n) is 1.67. The molecule has 0 bridgehead atoms. The second-order valence-electron chi connectivity index (χ2n) is 4.44. The normalized spacial score (nSPS) is 11.3. The van der Waals surface area contributed by atoms with Crippen molar-refractivity contribution in [2.24, 2.45) is 0 Å². The number of amides is 1. The lowest BCUT2D eigenvalue weighted by Gasteiger charge is -2.30. The van der Waals surface area contributed by atoms with Crippen molar-refractivity contribution in [2.75, 3.05) is 5.33 Å². The first-order valence-corrected chi connectivity index (χ1v) is 7.14. The molecule has 1 N–H and O–H groups in total. The highest BCUT2D eigenvalue weighted by Crippen LogP contribution is 2.19. The Morgan fingerprint density at radius 3 is 2.18 bits per heavy atom. The molecule has 0 radical (unpaired) electrons. The van der Waals surface area contributed by atoms with E-state index in [4.69, 9.17) is 0 Å². The molecule has 0 saturated heterocycles. The van der Waals surface area contributed by atoms with Crippen molar-refractivity contribution >= 4 is 21.8 Å². The molecule has 1 aromatic carbocycles. The van der Waals surface area contributed by atoms with E-state index in [2.05, 4.69) is 35.1 Å². The molecular weight excluding hydrogens is 278 g/mol. The van der Waals surface area contributed by atoms with Gasteiger partial charge in [-0.05, 0) is 31.9 Å². The van der Waals surface area contributed by atoms with Crippen LogP contribution in [0.25, 0.3) is 0 Å². The summed E-state index contributed by atoms with van der Waals surface area (Å²) < 4.78 is 0. The van der Waals surface area contributed by atoms with Crippen LogP contribution in [0.4, 0.5) is 0 Å². The first-order chi connectivity index (χ1) is 8.06. The highest BCUT2D eigenvalue weighted by Gasteiger charge is 2.26. The van der Waals surface area contributed by atoms with Gasteiger partial charge in [0.2, 0.25) is 0 Å². The van der Waals surface area contributed by atoms with Gasteiger partial charge in [-0.3, -0.25) is 4.79 Å². The van der Waals surface area contributed by atoms with Crippen LogP contribution in [0.5, 0.6) is 0 Å². The number of halogens is 1. The van der Waals surface area contributed by atoms with Crippen LogP contribution in [-0.4, -0.2) is 16.8 Å². The predicted octanol–water partition coefficient (Wildman–Crippen LogP) is 3.68. The van der Waals surface area contributed by atoms with Crippen molar-refractivity contribution in [1.29, 1.82) is 0 Å². The van der Waals surface area contributed by atoms with E-state index in [-0.39, 0.29) is 11.4 Å². The number of rotatable bonds is 5. The zero-order chi connectivity index (χ0) is 12.9. The van der Waals surface area contributed by atoms with Gasteiger partial charge < -0.3 is 5.32 Å². The SMILES string of the molecule is CCC(CC)(CBr)NC(=O)c1ccc(C)cc1. The average molecular weight is 298 g/mol. The van der Waals surface area contributed by atoms with Gasteiger partial charge in [0.15, 0.2) is 0 Å². The fraction of sp³-hybridized carbons (Fsp3) is 0.500. The Morgan fingerprint density at radius 1 is 1.24 bits per heavy atom. The van der Waals surface area contributed by atoms with Crippen molar-refractivity contribution < 1.29 is 4.79 Å². The van der Waals surface area contributed by atoms with Gasteiger partial charge in [-0.1, -0.05) is 47.5 Å². The molecule has 1 amide bonds. The Kier molecular flexibility index (Phi) is 5.19. The number of carbonyl (C=O) groups excluding carboxylic acids is 1. The first kappa shape index (κ1) is 14.2. The second kappa shape index (κ2) is 6.20. The van der Waals surface area contributed by atoms with Crippen molar-refractivity contribution in [3.05, 3.63) is 35.4 Å². The van der Waals surface area contributed by atoms with E-state index in [1.54, 1.807) is 0 Å². The molecule has 0 unspecified atom stereocenters. The Hall–Kier alpha value is -0.830. The van der Waals surface area contributed by atoms with E-state index in [0.717, 1.165) is 23.7 Å². The third kappa shape index (κ3) is 3.56. The maximum absolute atomic E-state index is 12.1. The number of nitrogens with one attached hydrogen (secondary N) is 1. The summed E-state index contributed by atoms with van der Waals surface area (Å²) in [5, 5.41) is 3.91. The van der Waals surface area contributed by atoms with Crippen LogP contribution in [0, 0.1) is 6.92 Å². The maximum Gasteiger partial charge on any atom is 0.251 e. The molecule has 0 aliphatic heterocycles. The standard InChI is InChI=1S/C14H20BrNO/c1-4-14(5-2,10-15)16-13(17)12-8-6-11(3)7-9-12/h6-9H,4-5,10H2,1-3H3,(H,16,17). The zero-order valence-electron chi connectivity index (χ0n) is 10.7. The monoisotopic (exact) mass is 297 g/mol. The third-order valence-electron chi connectivity index (χ3n) is 3.30. The number of benzene rings is 1. The summed E-state index contributed by atoms with van der Waals surface area (Å²) in [4.78, 5) is 12.1. The molecular formula is C14H20BrNO. The van der Waals surface area contributed by atoms with Gasteiger partial charge in [-0.15, -0.1) is 0 Å². The minimum atomic E-state index is -0.137. The van der Waals surface area contributed by atoms with E-state index in [1.807, 2.05) is 31.2 Å². The lowest BCUT2D eigenvalue weighted by molar-refractivity contribution is 0.0903. The Bertz CT molecular complexity index is 360. The molecule has 1 rings (SSSR count). The van der Waals surface area contributed by atoms with Gasteiger partial charge in [0.05, 0.1) is 0 Å². The summed E-state index contributed by atoms with van der Waals surface area (Å²) in [6.07, 6.45) is 1.85. The maximum atomic E-state index is 12.1. The number of carbonyl (C=O) groups is 1. The van der Waals surface area contributed by atoms with Crippen LogP contribution in [0.3, 0.4) is 0 Å². The number of hydrogen-bond donors (Lipinski definition) is 1. The highest BCUT2D eigenvalue weighted by atomic mass is 79.9. The highest BCUT2D eigenvalue weighted by molar-refractivity contribution is 9.09. The quantitative estimate of drug-likeness (QED) is 0.826. The van der Waals surface area contributed by atoms with Crippen molar-refractivity contribution in [3.8, 4) is 0 Å². The van der Waals surface area contributed by atoms with Crippen LogP contribution in [0.1, 0.15) is 42.6 Å². The summed E-state index contributed by atoms with van der Waals surface area (Å²) in [6.45, 7) is 6.21. The molecule has 17 heavy (non-hydrogen) atoms. The van der Waals surface area contributed by atoms with Crippen LogP contribution >= 0.6 is 15.9 Å². The summed E-state index contributed by atoms with van der Waals surface area (Å²) >= 11 is 3.49. The van der Waals surface area contributed by atoms with Crippen LogP contribution < -0.4 is 5.32 Å². The van der Waals surface area contributed by atoms with E-state index in [1.165, 1.54) is 5.56 Å². The van der Waals surface area contributed by atoms with Gasteiger partial charge in [0.25, 0.3) is 5.91 Å². The molecule has 3 heteroatoms. The van der Waals surface area contributed by atoms with Gasteiger partial charge in [-0.25, -0.2) is 0 Å². The van der Waals surface area contributed by atoms with Crippen molar-refractivity contribution in [1.82, 2.24) is 5.32 Å². The minimum Gasteiger partial charge on any atom is -0.346 e. The van der Waals surface area contributed by atoms with Crippen LogP contribution in [0.2, 0.25) is 0 Å². The molecule has 1 aromatic rings.